The second-order valence-electron chi connectivity index (χ2n) is 5.29. The van der Waals surface area contributed by atoms with Crippen molar-refractivity contribution in [3.05, 3.63) is 36.4 Å². The lowest BCUT2D eigenvalue weighted by Crippen LogP contribution is -2.26. The van der Waals surface area contributed by atoms with Gasteiger partial charge in [0, 0.05) is 21.7 Å². The summed E-state index contributed by atoms with van der Waals surface area (Å²) in [4.78, 5) is 1.47. The van der Waals surface area contributed by atoms with E-state index < -0.39 is 0 Å². The molecular formula is C17H21O2S+. The Kier molecular flexibility index (Phi) is 4.18. The van der Waals surface area contributed by atoms with E-state index in [-0.39, 0.29) is 6.10 Å². The van der Waals surface area contributed by atoms with Crippen LogP contribution in [0.15, 0.2) is 41.3 Å². The minimum atomic E-state index is 0.204. The zero-order valence-corrected chi connectivity index (χ0v) is 12.9. The first kappa shape index (κ1) is 13.8. The van der Waals surface area contributed by atoms with Crippen LogP contribution in [0.5, 0.6) is 5.75 Å². The van der Waals surface area contributed by atoms with Gasteiger partial charge in [-0.3, -0.25) is 0 Å². The van der Waals surface area contributed by atoms with Crippen LogP contribution in [0.25, 0.3) is 10.8 Å². The van der Waals surface area contributed by atoms with Crippen LogP contribution in [0.1, 0.15) is 13.8 Å². The fourth-order valence-electron chi connectivity index (χ4n) is 2.60. The summed E-state index contributed by atoms with van der Waals surface area (Å²) in [5.74, 6) is 3.29. The molecule has 1 aliphatic rings. The maximum Gasteiger partial charge on any atom is 0.163 e. The van der Waals surface area contributed by atoms with E-state index in [4.69, 9.17) is 9.47 Å². The van der Waals surface area contributed by atoms with Crippen LogP contribution in [0.4, 0.5) is 0 Å². The molecule has 3 heteroatoms. The number of rotatable bonds is 3. The molecule has 1 fully saturated rings. The molecule has 2 aromatic rings. The van der Waals surface area contributed by atoms with Crippen LogP contribution in [0.2, 0.25) is 0 Å². The largest absolute Gasteiger partial charge is 0.490 e. The second kappa shape index (κ2) is 6.06. The van der Waals surface area contributed by atoms with Crippen molar-refractivity contribution in [1.82, 2.24) is 0 Å². The summed E-state index contributed by atoms with van der Waals surface area (Å²) in [6.45, 7) is 5.93. The highest BCUT2D eigenvalue weighted by atomic mass is 32.2. The predicted molar refractivity (Wildman–Crippen MR) is 85.9 cm³/mol. The first-order chi connectivity index (χ1) is 9.75. The van der Waals surface area contributed by atoms with Gasteiger partial charge in [-0.1, -0.05) is 18.2 Å². The Bertz CT molecular complexity index is 589. The zero-order chi connectivity index (χ0) is 13.9. The topological polar surface area (TPSA) is 18.5 Å². The maximum atomic E-state index is 5.95. The third-order valence-corrected chi connectivity index (χ3v) is 5.76. The lowest BCUT2D eigenvalue weighted by atomic mass is 10.1. The molecule has 2 aromatic carbocycles. The minimum Gasteiger partial charge on any atom is -0.490 e. The molecule has 106 valence electrons. The fraction of sp³-hybridized carbons (Fsp3) is 0.412. The van der Waals surface area contributed by atoms with Gasteiger partial charge in [-0.25, -0.2) is 0 Å². The normalized spacial score (nSPS) is 16.8. The van der Waals surface area contributed by atoms with Gasteiger partial charge in [0.1, 0.15) is 17.3 Å². The van der Waals surface area contributed by atoms with Gasteiger partial charge in [-0.2, -0.15) is 0 Å². The summed E-state index contributed by atoms with van der Waals surface area (Å²) in [7, 11) is 0.316. The smallest absolute Gasteiger partial charge is 0.163 e. The van der Waals surface area contributed by atoms with Crippen molar-refractivity contribution in [1.29, 1.82) is 0 Å². The first-order valence-corrected chi connectivity index (χ1v) is 8.75. The van der Waals surface area contributed by atoms with Gasteiger partial charge in [0.05, 0.1) is 19.3 Å². The van der Waals surface area contributed by atoms with Crippen molar-refractivity contribution in [2.24, 2.45) is 0 Å². The molecular weight excluding hydrogens is 268 g/mol. The first-order valence-electron chi connectivity index (χ1n) is 7.19. The van der Waals surface area contributed by atoms with Crippen LogP contribution < -0.4 is 4.74 Å². The Morgan fingerprint density at radius 3 is 2.40 bits per heavy atom. The summed E-state index contributed by atoms with van der Waals surface area (Å²) < 4.78 is 11.4. The van der Waals surface area contributed by atoms with E-state index in [0.717, 1.165) is 30.5 Å². The van der Waals surface area contributed by atoms with E-state index in [0.29, 0.717) is 10.9 Å². The lowest BCUT2D eigenvalue weighted by molar-refractivity contribution is 0.159. The molecule has 0 N–H and O–H groups in total. The van der Waals surface area contributed by atoms with Crippen molar-refractivity contribution in [3.8, 4) is 5.75 Å². The van der Waals surface area contributed by atoms with Crippen LogP contribution in [0.3, 0.4) is 0 Å². The number of fused-ring (bicyclic) bond motifs is 1. The second-order valence-corrected chi connectivity index (χ2v) is 7.53. The van der Waals surface area contributed by atoms with Crippen molar-refractivity contribution in [2.75, 3.05) is 24.7 Å². The number of ether oxygens (including phenoxy) is 2. The van der Waals surface area contributed by atoms with Gasteiger partial charge in [-0.05, 0) is 32.0 Å². The molecule has 1 saturated heterocycles. The molecule has 0 saturated carbocycles. The lowest BCUT2D eigenvalue weighted by Gasteiger charge is -2.17. The van der Waals surface area contributed by atoms with Crippen LogP contribution in [-0.2, 0) is 15.6 Å². The fourth-order valence-corrected chi connectivity index (χ4v) is 4.63. The van der Waals surface area contributed by atoms with Crippen molar-refractivity contribution < 1.29 is 9.47 Å². The summed E-state index contributed by atoms with van der Waals surface area (Å²) in [5, 5.41) is 2.58. The summed E-state index contributed by atoms with van der Waals surface area (Å²) >= 11 is 0. The number of hydrogen-bond donors (Lipinski definition) is 0. The Hall–Kier alpha value is -1.19. The molecule has 0 atom stereocenters. The summed E-state index contributed by atoms with van der Waals surface area (Å²) in [6, 6.07) is 13.0. The summed E-state index contributed by atoms with van der Waals surface area (Å²) in [6.07, 6.45) is 0.204. The molecule has 0 amide bonds. The Labute approximate surface area is 123 Å². The van der Waals surface area contributed by atoms with E-state index in [1.807, 2.05) is 0 Å². The quantitative estimate of drug-likeness (QED) is 0.803. The van der Waals surface area contributed by atoms with E-state index >= 15 is 0 Å². The number of hydrogen-bond acceptors (Lipinski definition) is 2. The molecule has 0 bridgehead atoms. The van der Waals surface area contributed by atoms with Crippen molar-refractivity contribution in [2.45, 2.75) is 24.8 Å². The molecule has 20 heavy (non-hydrogen) atoms. The highest BCUT2D eigenvalue weighted by Gasteiger charge is 2.27. The monoisotopic (exact) mass is 289 g/mol. The molecule has 0 unspecified atom stereocenters. The Balaban J connectivity index is 2.05. The van der Waals surface area contributed by atoms with Gasteiger partial charge in [0.2, 0.25) is 0 Å². The minimum absolute atomic E-state index is 0.204. The standard InChI is InChI=1S/C17H21O2S/c1-13(2)19-16-7-8-17(20-11-9-18-10-12-20)15-6-4-3-5-14(15)16/h3-8,13H,9-12H2,1-2H3/q+1. The van der Waals surface area contributed by atoms with Crippen molar-refractivity contribution in [3.63, 3.8) is 0 Å². The summed E-state index contributed by atoms with van der Waals surface area (Å²) in [5.41, 5.74) is 0. The Morgan fingerprint density at radius 1 is 1.00 bits per heavy atom. The van der Waals surface area contributed by atoms with Gasteiger partial charge >= 0.3 is 0 Å². The molecule has 1 heterocycles. The molecule has 1 aliphatic heterocycles. The van der Waals surface area contributed by atoms with E-state index in [1.54, 1.807) is 0 Å². The van der Waals surface area contributed by atoms with Gasteiger partial charge in [0.15, 0.2) is 4.90 Å². The van der Waals surface area contributed by atoms with Crippen molar-refractivity contribution >= 4 is 21.7 Å². The number of benzene rings is 2. The Morgan fingerprint density at radius 2 is 1.70 bits per heavy atom. The van der Waals surface area contributed by atoms with Crippen LogP contribution in [-0.4, -0.2) is 30.8 Å². The molecule has 2 nitrogen and oxygen atoms in total. The predicted octanol–water partition coefficient (Wildman–Crippen LogP) is 3.63. The third-order valence-electron chi connectivity index (χ3n) is 3.47. The maximum absolute atomic E-state index is 5.95. The van der Waals surface area contributed by atoms with Gasteiger partial charge in [0.25, 0.3) is 0 Å². The van der Waals surface area contributed by atoms with Gasteiger partial charge < -0.3 is 9.47 Å². The van der Waals surface area contributed by atoms with E-state index in [1.165, 1.54) is 15.7 Å². The van der Waals surface area contributed by atoms with Crippen LogP contribution in [0, 0.1) is 0 Å². The highest BCUT2D eigenvalue weighted by molar-refractivity contribution is 7.97. The zero-order valence-electron chi connectivity index (χ0n) is 12.1. The van der Waals surface area contributed by atoms with Crippen LogP contribution >= 0.6 is 0 Å². The van der Waals surface area contributed by atoms with Gasteiger partial charge in [-0.15, -0.1) is 0 Å². The molecule has 0 aliphatic carbocycles. The SMILES string of the molecule is CC(C)Oc1ccc([S+]2CCOCC2)c2ccccc12. The average Bonchev–Trinajstić information content (AvgIpc) is 2.48. The van der Waals surface area contributed by atoms with E-state index in [9.17, 15) is 0 Å². The molecule has 0 spiro atoms. The molecule has 3 rings (SSSR count). The van der Waals surface area contributed by atoms with E-state index in [2.05, 4.69) is 50.2 Å². The molecule has 0 aromatic heterocycles. The highest BCUT2D eigenvalue weighted by Crippen LogP contribution is 2.33. The average molecular weight is 289 g/mol. The third kappa shape index (κ3) is 2.79. The molecule has 0 radical (unpaired) electrons.